The number of nitrogens with zero attached hydrogens (tertiary/aromatic N) is 2. The molecule has 1 amide bonds. The molecule has 1 N–H and O–H groups in total. The van der Waals surface area contributed by atoms with Crippen molar-refractivity contribution < 1.29 is 32.3 Å². The number of carbonyl (C=O) groups excluding carboxylic acids is 2. The van der Waals surface area contributed by atoms with E-state index in [1.54, 1.807) is 0 Å². The number of halogens is 3. The van der Waals surface area contributed by atoms with Crippen LogP contribution in [0.25, 0.3) is 11.1 Å². The number of amides is 1. The first-order valence-electron chi connectivity index (χ1n) is 8.79. The number of aryl methyl sites for hydroxylation is 2. The van der Waals surface area contributed by atoms with Gasteiger partial charge >= 0.3 is 12.6 Å². The van der Waals surface area contributed by atoms with E-state index in [4.69, 9.17) is 20.8 Å². The molecule has 3 rings (SSSR count). The normalized spacial score (nSPS) is 12.1. The minimum Gasteiger partial charge on any atom is -0.449 e. The third-order valence-electron chi connectivity index (χ3n) is 4.22. The lowest BCUT2D eigenvalue weighted by Gasteiger charge is -2.14. The molecule has 12 heteroatoms. The fraction of sp³-hybridized carbons (Fsp3) is 0.263. The number of hydrogen-bond acceptors (Lipinski definition) is 7. The second kappa shape index (κ2) is 8.72. The average molecular weight is 456 g/mol. The van der Waals surface area contributed by atoms with Crippen LogP contribution in [0.5, 0.6) is 5.75 Å². The van der Waals surface area contributed by atoms with Crippen LogP contribution in [-0.2, 0) is 16.6 Å². The molecule has 3 aromatic rings. The summed E-state index contributed by atoms with van der Waals surface area (Å²) in [7, 11) is 1.46. The highest BCUT2D eigenvalue weighted by molar-refractivity contribution is 6.32. The molecule has 1 aromatic carbocycles. The first-order valence-corrected chi connectivity index (χ1v) is 9.17. The highest BCUT2D eigenvalue weighted by Gasteiger charge is 2.27. The molecule has 0 fully saturated rings. The summed E-state index contributed by atoms with van der Waals surface area (Å²) >= 11 is 5.85. The van der Waals surface area contributed by atoms with Crippen molar-refractivity contribution in [2.45, 2.75) is 26.6 Å². The third-order valence-corrected chi connectivity index (χ3v) is 4.52. The van der Waals surface area contributed by atoms with Gasteiger partial charge in [0.25, 0.3) is 11.5 Å². The molecule has 0 bridgehead atoms. The fourth-order valence-corrected chi connectivity index (χ4v) is 2.95. The molecule has 9 nitrogen and oxygen atoms in total. The van der Waals surface area contributed by atoms with E-state index in [1.807, 2.05) is 0 Å². The van der Waals surface area contributed by atoms with Gasteiger partial charge in [-0.3, -0.25) is 9.59 Å². The molecule has 0 radical (unpaired) electrons. The summed E-state index contributed by atoms with van der Waals surface area (Å²) in [4.78, 5) is 41.3. The van der Waals surface area contributed by atoms with Gasteiger partial charge in [0, 0.05) is 12.7 Å². The Morgan fingerprint density at radius 2 is 2.03 bits per heavy atom. The standard InChI is InChI=1S/C19H16ClF2N3O6/c1-8-13(14-16(29-8)23-7-25(3)17(14)27)18(28)30-9(2)15(26)24-10-4-5-12(11(20)6-10)31-19(21)22/h4-7,9,19H,1-3H3,(H,24,26)/t9-/m0/s1. The Morgan fingerprint density at radius 3 is 2.68 bits per heavy atom. The average Bonchev–Trinajstić information content (AvgIpc) is 3.03. The number of anilines is 1. The zero-order chi connectivity index (χ0) is 22.9. The summed E-state index contributed by atoms with van der Waals surface area (Å²) in [5.41, 5.74) is -0.487. The van der Waals surface area contributed by atoms with Gasteiger partial charge in [0.15, 0.2) is 6.10 Å². The summed E-state index contributed by atoms with van der Waals surface area (Å²) in [5.74, 6) is -1.80. The van der Waals surface area contributed by atoms with Crippen molar-refractivity contribution in [2.75, 3.05) is 5.32 Å². The number of nitrogens with one attached hydrogen (secondary N) is 1. The molecule has 1 atom stereocenters. The van der Waals surface area contributed by atoms with Crippen molar-refractivity contribution in [1.82, 2.24) is 9.55 Å². The van der Waals surface area contributed by atoms with Crippen LogP contribution in [0, 0.1) is 6.92 Å². The van der Waals surface area contributed by atoms with Crippen molar-refractivity contribution in [1.29, 1.82) is 0 Å². The molecule has 0 spiro atoms. The summed E-state index contributed by atoms with van der Waals surface area (Å²) < 4.78 is 40.5. The predicted octanol–water partition coefficient (Wildman–Crippen LogP) is 3.27. The number of alkyl halides is 2. The minimum absolute atomic E-state index is 0.0228. The summed E-state index contributed by atoms with van der Waals surface area (Å²) in [6, 6.07) is 3.65. The van der Waals surface area contributed by atoms with Crippen molar-refractivity contribution in [3.05, 3.63) is 51.2 Å². The van der Waals surface area contributed by atoms with E-state index in [9.17, 15) is 23.2 Å². The Hall–Kier alpha value is -3.47. The maximum absolute atomic E-state index is 12.6. The number of carbonyl (C=O) groups is 2. The molecule has 0 unspecified atom stereocenters. The van der Waals surface area contributed by atoms with Crippen molar-refractivity contribution in [3.63, 3.8) is 0 Å². The van der Waals surface area contributed by atoms with Gasteiger partial charge in [-0.15, -0.1) is 0 Å². The van der Waals surface area contributed by atoms with Crippen LogP contribution in [0.3, 0.4) is 0 Å². The fourth-order valence-electron chi connectivity index (χ4n) is 2.72. The highest BCUT2D eigenvalue weighted by atomic mass is 35.5. The number of hydrogen-bond donors (Lipinski definition) is 1. The Balaban J connectivity index is 1.75. The number of esters is 1. The molecular formula is C19H16ClF2N3O6. The van der Waals surface area contributed by atoms with E-state index in [2.05, 4.69) is 15.0 Å². The first kappa shape index (κ1) is 22.2. The molecule has 0 aliphatic heterocycles. The number of aromatic nitrogens is 2. The van der Waals surface area contributed by atoms with E-state index >= 15 is 0 Å². The Bertz CT molecular complexity index is 1220. The monoisotopic (exact) mass is 455 g/mol. The van der Waals surface area contributed by atoms with Crippen LogP contribution in [0.2, 0.25) is 5.02 Å². The van der Waals surface area contributed by atoms with Crippen LogP contribution < -0.4 is 15.6 Å². The molecular weight excluding hydrogens is 440 g/mol. The van der Waals surface area contributed by atoms with Gasteiger partial charge < -0.3 is 23.8 Å². The molecule has 0 saturated carbocycles. The number of rotatable bonds is 6. The van der Waals surface area contributed by atoms with Gasteiger partial charge in [0.2, 0.25) is 5.71 Å². The van der Waals surface area contributed by atoms with E-state index in [1.165, 1.54) is 43.9 Å². The third kappa shape index (κ3) is 4.66. The molecule has 2 heterocycles. The minimum atomic E-state index is -3.05. The van der Waals surface area contributed by atoms with E-state index in [0.29, 0.717) is 0 Å². The quantitative estimate of drug-likeness (QED) is 0.567. The smallest absolute Gasteiger partial charge is 0.387 e. The van der Waals surface area contributed by atoms with Gasteiger partial charge in [-0.25, -0.2) is 9.78 Å². The second-order valence-corrected chi connectivity index (χ2v) is 6.84. The molecule has 0 saturated heterocycles. The van der Waals surface area contributed by atoms with Crippen LogP contribution in [-0.4, -0.2) is 34.1 Å². The Morgan fingerprint density at radius 1 is 1.32 bits per heavy atom. The number of ether oxygens (including phenoxy) is 2. The zero-order valence-electron chi connectivity index (χ0n) is 16.4. The van der Waals surface area contributed by atoms with Gasteiger partial charge in [-0.2, -0.15) is 8.78 Å². The predicted molar refractivity (Wildman–Crippen MR) is 106 cm³/mol. The van der Waals surface area contributed by atoms with Crippen molar-refractivity contribution >= 4 is 40.3 Å². The topological polar surface area (TPSA) is 113 Å². The first-order chi connectivity index (χ1) is 14.6. The van der Waals surface area contributed by atoms with E-state index in [0.717, 1.165) is 6.07 Å². The van der Waals surface area contributed by atoms with Gasteiger partial charge in [-0.05, 0) is 32.0 Å². The van der Waals surface area contributed by atoms with Crippen LogP contribution in [0.15, 0.2) is 33.7 Å². The van der Waals surface area contributed by atoms with Gasteiger partial charge in [-0.1, -0.05) is 11.6 Å². The van der Waals surface area contributed by atoms with Crippen LogP contribution >= 0.6 is 11.6 Å². The zero-order valence-corrected chi connectivity index (χ0v) is 17.2. The molecule has 31 heavy (non-hydrogen) atoms. The molecule has 0 aliphatic carbocycles. The summed E-state index contributed by atoms with van der Waals surface area (Å²) in [5, 5.41) is 2.24. The van der Waals surface area contributed by atoms with Crippen LogP contribution in [0.4, 0.5) is 14.5 Å². The maximum atomic E-state index is 12.6. The molecule has 0 aliphatic rings. The number of benzene rings is 1. The lowest BCUT2D eigenvalue weighted by Crippen LogP contribution is -2.30. The van der Waals surface area contributed by atoms with Gasteiger partial charge in [0.1, 0.15) is 28.8 Å². The number of furan rings is 1. The van der Waals surface area contributed by atoms with Gasteiger partial charge in [0.05, 0.1) is 5.02 Å². The maximum Gasteiger partial charge on any atom is 0.387 e. The van der Waals surface area contributed by atoms with E-state index < -0.39 is 30.2 Å². The summed E-state index contributed by atoms with van der Waals surface area (Å²) in [6.45, 7) is -0.267. The van der Waals surface area contributed by atoms with E-state index in [-0.39, 0.29) is 38.9 Å². The SMILES string of the molecule is Cc1oc2ncn(C)c(=O)c2c1C(=O)O[C@@H](C)C(=O)Nc1ccc(OC(F)F)c(Cl)c1. The lowest BCUT2D eigenvalue weighted by molar-refractivity contribution is -0.123. The highest BCUT2D eigenvalue weighted by Crippen LogP contribution is 2.29. The van der Waals surface area contributed by atoms with Crippen molar-refractivity contribution in [3.8, 4) is 5.75 Å². The number of fused-ring (bicyclic) bond motifs is 1. The largest absolute Gasteiger partial charge is 0.449 e. The second-order valence-electron chi connectivity index (χ2n) is 6.43. The molecule has 164 valence electrons. The molecule has 2 aromatic heterocycles. The lowest BCUT2D eigenvalue weighted by atomic mass is 10.2. The summed E-state index contributed by atoms with van der Waals surface area (Å²) in [6.07, 6.45) is -0.0187. The van der Waals surface area contributed by atoms with Crippen LogP contribution in [0.1, 0.15) is 23.0 Å². The Labute approximate surface area is 178 Å². The van der Waals surface area contributed by atoms with Crippen molar-refractivity contribution in [2.24, 2.45) is 7.05 Å². The Kier molecular flexibility index (Phi) is 6.25.